The molecule has 2 atom stereocenters. The smallest absolute Gasteiger partial charge is 0.202 e. The Labute approximate surface area is 81.2 Å². The van der Waals surface area contributed by atoms with Gasteiger partial charge in [-0.1, -0.05) is 6.42 Å². The summed E-state index contributed by atoms with van der Waals surface area (Å²) in [5.74, 6) is 0.392. The highest BCUT2D eigenvalue weighted by molar-refractivity contribution is 7.09. The molecule has 2 N–H and O–H groups in total. The minimum Gasteiger partial charge on any atom is -0.393 e. The van der Waals surface area contributed by atoms with Gasteiger partial charge in [0.1, 0.15) is 6.33 Å². The molecule has 0 bridgehead atoms. The molecule has 4 nitrogen and oxygen atoms in total. The fourth-order valence-corrected chi connectivity index (χ4v) is 2.16. The van der Waals surface area contributed by atoms with Gasteiger partial charge in [0.2, 0.25) is 5.13 Å². The lowest BCUT2D eigenvalue weighted by Crippen LogP contribution is -2.21. The number of aliphatic hydroxyl groups is 1. The van der Waals surface area contributed by atoms with Crippen molar-refractivity contribution in [2.75, 3.05) is 11.9 Å². The second-order valence-electron chi connectivity index (χ2n) is 3.39. The molecule has 0 amide bonds. The number of aliphatic hydroxyl groups excluding tert-OH is 1. The zero-order valence-electron chi connectivity index (χ0n) is 7.31. The molecule has 1 aliphatic rings. The van der Waals surface area contributed by atoms with E-state index >= 15 is 0 Å². The van der Waals surface area contributed by atoms with Crippen LogP contribution in [0.2, 0.25) is 0 Å². The van der Waals surface area contributed by atoms with E-state index in [4.69, 9.17) is 0 Å². The van der Waals surface area contributed by atoms with Crippen LogP contribution in [0.3, 0.4) is 0 Å². The van der Waals surface area contributed by atoms with Crippen LogP contribution in [-0.4, -0.2) is 27.1 Å². The fraction of sp³-hybridized carbons (Fsp3) is 0.750. The van der Waals surface area contributed by atoms with Crippen LogP contribution in [0.4, 0.5) is 5.13 Å². The zero-order chi connectivity index (χ0) is 9.10. The molecular formula is C8H13N3OS. The van der Waals surface area contributed by atoms with E-state index in [-0.39, 0.29) is 6.10 Å². The Bertz CT molecular complexity index is 252. The Morgan fingerprint density at radius 3 is 3.15 bits per heavy atom. The van der Waals surface area contributed by atoms with E-state index in [2.05, 4.69) is 14.7 Å². The first-order chi connectivity index (χ1) is 6.36. The van der Waals surface area contributed by atoms with E-state index in [9.17, 15) is 5.11 Å². The number of rotatable bonds is 3. The Hall–Kier alpha value is -0.680. The molecule has 1 fully saturated rings. The maximum absolute atomic E-state index is 9.54. The molecule has 5 heteroatoms. The third-order valence-corrected chi connectivity index (χ3v) is 3.12. The van der Waals surface area contributed by atoms with Gasteiger partial charge in [-0.25, -0.2) is 4.98 Å². The second-order valence-corrected chi connectivity index (χ2v) is 4.17. The summed E-state index contributed by atoms with van der Waals surface area (Å²) in [6.45, 7) is 0.816. The van der Waals surface area contributed by atoms with Gasteiger partial charge >= 0.3 is 0 Å². The molecule has 2 unspecified atom stereocenters. The Kier molecular flexibility index (Phi) is 2.75. The number of nitrogens with one attached hydrogen (secondary N) is 1. The predicted octanol–water partition coefficient (Wildman–Crippen LogP) is 1.11. The molecule has 2 rings (SSSR count). The first-order valence-corrected chi connectivity index (χ1v) is 5.32. The molecule has 1 saturated carbocycles. The molecule has 1 aromatic rings. The van der Waals surface area contributed by atoms with Crippen molar-refractivity contribution in [3.8, 4) is 0 Å². The van der Waals surface area contributed by atoms with Gasteiger partial charge in [0.25, 0.3) is 0 Å². The Morgan fingerprint density at radius 1 is 1.62 bits per heavy atom. The van der Waals surface area contributed by atoms with E-state index in [0.717, 1.165) is 30.9 Å². The topological polar surface area (TPSA) is 58.0 Å². The standard InChI is InChI=1S/C8H13N3OS/c12-7-3-1-2-6(7)4-9-8-10-5-11-13-8/h5-7,12H,1-4H2,(H,9,10,11). The van der Waals surface area contributed by atoms with Gasteiger partial charge < -0.3 is 10.4 Å². The molecule has 0 aliphatic heterocycles. The van der Waals surface area contributed by atoms with Crippen LogP contribution in [-0.2, 0) is 0 Å². The van der Waals surface area contributed by atoms with Gasteiger partial charge in [-0.15, -0.1) is 0 Å². The molecule has 1 aromatic heterocycles. The minimum absolute atomic E-state index is 0.125. The quantitative estimate of drug-likeness (QED) is 0.765. The van der Waals surface area contributed by atoms with Crippen molar-refractivity contribution in [2.45, 2.75) is 25.4 Å². The highest BCUT2D eigenvalue weighted by Gasteiger charge is 2.24. The summed E-state index contributed by atoms with van der Waals surface area (Å²) in [4.78, 5) is 4.02. The highest BCUT2D eigenvalue weighted by atomic mass is 32.1. The molecule has 1 heterocycles. The molecule has 72 valence electrons. The predicted molar refractivity (Wildman–Crippen MR) is 51.7 cm³/mol. The number of hydrogen-bond acceptors (Lipinski definition) is 5. The molecular weight excluding hydrogens is 186 g/mol. The van der Waals surface area contributed by atoms with Crippen molar-refractivity contribution in [2.24, 2.45) is 5.92 Å². The summed E-state index contributed by atoms with van der Waals surface area (Å²) >= 11 is 1.35. The van der Waals surface area contributed by atoms with E-state index in [1.165, 1.54) is 17.9 Å². The maximum atomic E-state index is 9.54. The monoisotopic (exact) mass is 199 g/mol. The van der Waals surface area contributed by atoms with Crippen LogP contribution in [0, 0.1) is 5.92 Å². The normalized spacial score (nSPS) is 27.8. The second kappa shape index (κ2) is 4.02. The SMILES string of the molecule is OC1CCCC1CNc1ncns1. The number of hydrogen-bond donors (Lipinski definition) is 2. The molecule has 13 heavy (non-hydrogen) atoms. The molecule has 0 radical (unpaired) electrons. The van der Waals surface area contributed by atoms with E-state index in [1.807, 2.05) is 0 Å². The minimum atomic E-state index is -0.125. The van der Waals surface area contributed by atoms with Crippen molar-refractivity contribution in [3.63, 3.8) is 0 Å². The van der Waals surface area contributed by atoms with Crippen LogP contribution in [0.5, 0.6) is 0 Å². The average Bonchev–Trinajstić information content (AvgIpc) is 2.72. The Morgan fingerprint density at radius 2 is 2.54 bits per heavy atom. The van der Waals surface area contributed by atoms with Crippen molar-refractivity contribution in [1.82, 2.24) is 9.36 Å². The lowest BCUT2D eigenvalue weighted by atomic mass is 10.1. The van der Waals surface area contributed by atoms with Gasteiger partial charge in [0.05, 0.1) is 6.10 Å². The van der Waals surface area contributed by atoms with Crippen molar-refractivity contribution >= 4 is 16.7 Å². The van der Waals surface area contributed by atoms with Crippen molar-refractivity contribution in [3.05, 3.63) is 6.33 Å². The van der Waals surface area contributed by atoms with E-state index < -0.39 is 0 Å². The van der Waals surface area contributed by atoms with Crippen LogP contribution >= 0.6 is 11.5 Å². The third kappa shape index (κ3) is 2.16. The van der Waals surface area contributed by atoms with Gasteiger partial charge in [-0.2, -0.15) is 4.37 Å². The van der Waals surface area contributed by atoms with Crippen LogP contribution in [0.15, 0.2) is 6.33 Å². The van der Waals surface area contributed by atoms with E-state index in [0.29, 0.717) is 5.92 Å². The van der Waals surface area contributed by atoms with Crippen LogP contribution in [0.25, 0.3) is 0 Å². The summed E-state index contributed by atoms with van der Waals surface area (Å²) in [5, 5.41) is 13.6. The number of aromatic nitrogens is 2. The lowest BCUT2D eigenvalue weighted by molar-refractivity contribution is 0.138. The highest BCUT2D eigenvalue weighted by Crippen LogP contribution is 2.25. The maximum Gasteiger partial charge on any atom is 0.202 e. The Balaban J connectivity index is 1.79. The lowest BCUT2D eigenvalue weighted by Gasteiger charge is -2.13. The van der Waals surface area contributed by atoms with Crippen molar-refractivity contribution < 1.29 is 5.11 Å². The summed E-state index contributed by atoms with van der Waals surface area (Å²) in [5.41, 5.74) is 0. The molecule has 0 aromatic carbocycles. The van der Waals surface area contributed by atoms with Crippen molar-refractivity contribution in [1.29, 1.82) is 0 Å². The number of anilines is 1. The summed E-state index contributed by atoms with van der Waals surface area (Å²) in [6, 6.07) is 0. The van der Waals surface area contributed by atoms with Crippen LogP contribution < -0.4 is 5.32 Å². The van der Waals surface area contributed by atoms with Gasteiger partial charge in [0.15, 0.2) is 0 Å². The summed E-state index contributed by atoms with van der Waals surface area (Å²) in [7, 11) is 0. The first-order valence-electron chi connectivity index (χ1n) is 4.55. The van der Waals surface area contributed by atoms with Gasteiger partial charge in [-0.3, -0.25) is 0 Å². The molecule has 1 aliphatic carbocycles. The third-order valence-electron chi connectivity index (χ3n) is 2.50. The zero-order valence-corrected chi connectivity index (χ0v) is 8.13. The average molecular weight is 199 g/mol. The first kappa shape index (κ1) is 8.90. The van der Waals surface area contributed by atoms with Gasteiger partial charge in [0, 0.05) is 24.0 Å². The van der Waals surface area contributed by atoms with E-state index in [1.54, 1.807) is 0 Å². The summed E-state index contributed by atoms with van der Waals surface area (Å²) < 4.78 is 3.89. The molecule has 0 spiro atoms. The van der Waals surface area contributed by atoms with Crippen LogP contribution in [0.1, 0.15) is 19.3 Å². The summed E-state index contributed by atoms with van der Waals surface area (Å²) in [6.07, 6.45) is 4.62. The largest absolute Gasteiger partial charge is 0.393 e. The molecule has 0 saturated heterocycles. The fourth-order valence-electron chi connectivity index (χ4n) is 1.72. The number of nitrogens with zero attached hydrogens (tertiary/aromatic N) is 2. The van der Waals surface area contributed by atoms with Gasteiger partial charge in [-0.05, 0) is 12.8 Å².